The molecule has 0 atom stereocenters. The lowest BCUT2D eigenvalue weighted by Crippen LogP contribution is -2.18. The van der Waals surface area contributed by atoms with Crippen molar-refractivity contribution >= 4 is 49.4 Å². The van der Waals surface area contributed by atoms with Crippen LogP contribution >= 0.6 is 0 Å². The topological polar surface area (TPSA) is 3.24 Å². The van der Waals surface area contributed by atoms with Gasteiger partial charge in [-0.15, -0.1) is 0 Å². The molecular formula is C66H49N. The summed E-state index contributed by atoms with van der Waals surface area (Å²) in [5.74, 6) is 0. The Morgan fingerprint density at radius 1 is 0.239 bits per heavy atom. The molecule has 67 heavy (non-hydrogen) atoms. The summed E-state index contributed by atoms with van der Waals surface area (Å²) in [5, 5.41) is 7.56. The Hall–Kier alpha value is -8.00. The maximum Gasteiger partial charge on any atom is 0.0465 e. The third-order valence-corrected chi connectivity index (χ3v) is 15.3. The second-order valence-corrected chi connectivity index (χ2v) is 19.7. The van der Waals surface area contributed by atoms with Crippen LogP contribution in [0.5, 0.6) is 0 Å². The quantitative estimate of drug-likeness (QED) is 0.151. The fourth-order valence-electron chi connectivity index (χ4n) is 11.8. The van der Waals surface area contributed by atoms with Gasteiger partial charge in [-0.05, 0) is 165 Å². The zero-order valence-corrected chi connectivity index (χ0v) is 38.3. The summed E-state index contributed by atoms with van der Waals surface area (Å²) in [6.45, 7) is 9.49. The number of hydrogen-bond donors (Lipinski definition) is 0. The van der Waals surface area contributed by atoms with E-state index in [0.717, 1.165) is 17.1 Å². The third-order valence-electron chi connectivity index (χ3n) is 15.3. The zero-order valence-electron chi connectivity index (χ0n) is 38.3. The van der Waals surface area contributed by atoms with Gasteiger partial charge in [-0.3, -0.25) is 0 Å². The van der Waals surface area contributed by atoms with E-state index in [-0.39, 0.29) is 10.8 Å². The molecule has 0 amide bonds. The molecule has 0 N–H and O–H groups in total. The van der Waals surface area contributed by atoms with Crippen molar-refractivity contribution in [3.8, 4) is 55.6 Å². The molecule has 2 aliphatic carbocycles. The molecule has 318 valence electrons. The highest BCUT2D eigenvalue weighted by atomic mass is 15.1. The van der Waals surface area contributed by atoms with E-state index >= 15 is 0 Å². The fraction of sp³-hybridized carbons (Fsp3) is 0.0909. The van der Waals surface area contributed by atoms with Gasteiger partial charge in [0.05, 0.1) is 0 Å². The van der Waals surface area contributed by atoms with Gasteiger partial charge < -0.3 is 4.90 Å². The molecule has 0 radical (unpaired) electrons. The van der Waals surface area contributed by atoms with Crippen molar-refractivity contribution < 1.29 is 0 Å². The first kappa shape index (κ1) is 39.4. The Balaban J connectivity index is 0.962. The van der Waals surface area contributed by atoms with Crippen LogP contribution in [0.2, 0.25) is 0 Å². The lowest BCUT2D eigenvalue weighted by Gasteiger charge is -2.30. The first-order valence-corrected chi connectivity index (χ1v) is 23.7. The van der Waals surface area contributed by atoms with Crippen molar-refractivity contribution in [2.75, 3.05) is 4.90 Å². The maximum atomic E-state index is 2.47. The van der Waals surface area contributed by atoms with Crippen LogP contribution in [0.15, 0.2) is 224 Å². The average molecular weight is 856 g/mol. The van der Waals surface area contributed by atoms with Crippen LogP contribution in [0.1, 0.15) is 49.9 Å². The minimum absolute atomic E-state index is 0.118. The maximum absolute atomic E-state index is 2.47. The lowest BCUT2D eigenvalue weighted by molar-refractivity contribution is 0.660. The number of fused-ring (bicyclic) bond motifs is 11. The second-order valence-electron chi connectivity index (χ2n) is 19.7. The van der Waals surface area contributed by atoms with Crippen LogP contribution in [0.4, 0.5) is 17.1 Å². The predicted octanol–water partition coefficient (Wildman–Crippen LogP) is 18.2. The number of benzene rings is 11. The molecule has 11 aromatic carbocycles. The monoisotopic (exact) mass is 855 g/mol. The minimum atomic E-state index is -0.118. The van der Waals surface area contributed by atoms with Crippen LogP contribution in [0, 0.1) is 0 Å². The van der Waals surface area contributed by atoms with Gasteiger partial charge >= 0.3 is 0 Å². The van der Waals surface area contributed by atoms with Gasteiger partial charge in [0.2, 0.25) is 0 Å². The zero-order chi connectivity index (χ0) is 45.0. The Bertz CT molecular complexity index is 3690. The molecule has 0 fully saturated rings. The molecule has 0 heterocycles. The van der Waals surface area contributed by atoms with Gasteiger partial charge in [-0.2, -0.15) is 0 Å². The molecule has 0 unspecified atom stereocenters. The molecule has 1 heteroatoms. The van der Waals surface area contributed by atoms with Crippen molar-refractivity contribution in [2.24, 2.45) is 0 Å². The Labute approximate surface area is 393 Å². The van der Waals surface area contributed by atoms with E-state index in [2.05, 4.69) is 257 Å². The number of hydrogen-bond acceptors (Lipinski definition) is 1. The van der Waals surface area contributed by atoms with Crippen molar-refractivity contribution in [2.45, 2.75) is 38.5 Å². The van der Waals surface area contributed by atoms with E-state index in [1.807, 2.05) is 0 Å². The molecule has 0 aliphatic heterocycles. The first-order valence-electron chi connectivity index (χ1n) is 23.7. The van der Waals surface area contributed by atoms with Gasteiger partial charge in [0, 0.05) is 27.9 Å². The van der Waals surface area contributed by atoms with E-state index in [9.17, 15) is 0 Å². The van der Waals surface area contributed by atoms with Crippen molar-refractivity contribution in [3.63, 3.8) is 0 Å². The van der Waals surface area contributed by atoms with Crippen LogP contribution in [-0.2, 0) is 10.8 Å². The minimum Gasteiger partial charge on any atom is -0.310 e. The normalized spacial score (nSPS) is 13.9. The molecule has 0 saturated heterocycles. The molecule has 0 spiro atoms. The summed E-state index contributed by atoms with van der Waals surface area (Å²) in [5.41, 5.74) is 21.4. The van der Waals surface area contributed by atoms with Crippen LogP contribution in [0.25, 0.3) is 88.0 Å². The van der Waals surface area contributed by atoms with E-state index in [1.54, 1.807) is 0 Å². The Kier molecular flexibility index (Phi) is 8.67. The number of anilines is 3. The van der Waals surface area contributed by atoms with Crippen molar-refractivity contribution in [1.29, 1.82) is 0 Å². The van der Waals surface area contributed by atoms with E-state index < -0.39 is 0 Å². The van der Waals surface area contributed by atoms with Crippen molar-refractivity contribution in [1.82, 2.24) is 0 Å². The Morgan fingerprint density at radius 3 is 1.21 bits per heavy atom. The van der Waals surface area contributed by atoms with Gasteiger partial charge in [0.15, 0.2) is 0 Å². The lowest BCUT2D eigenvalue weighted by atomic mass is 9.82. The molecular weight excluding hydrogens is 807 g/mol. The third kappa shape index (κ3) is 6.01. The summed E-state index contributed by atoms with van der Waals surface area (Å²) in [6, 6.07) is 83.9. The van der Waals surface area contributed by atoms with E-state index in [0.29, 0.717) is 0 Å². The Morgan fingerprint density at radius 2 is 0.657 bits per heavy atom. The summed E-state index contributed by atoms with van der Waals surface area (Å²) in [7, 11) is 0. The second kappa shape index (κ2) is 14.8. The van der Waals surface area contributed by atoms with Crippen LogP contribution in [-0.4, -0.2) is 0 Å². The molecule has 13 rings (SSSR count). The number of nitrogens with zero attached hydrogens (tertiary/aromatic N) is 1. The summed E-state index contributed by atoms with van der Waals surface area (Å²) >= 11 is 0. The predicted molar refractivity (Wildman–Crippen MR) is 285 cm³/mol. The molecule has 2 aliphatic rings. The SMILES string of the molecule is CC1(C)c2ccccc2-c2ccc(N(c3ccc(-c4cc5c6ccccc6c(-c6cccc(-c7ccccc7)c6)cc5c5ccccc45)cc3)c3ccc4c(c3)C(C)(C)c3ccccc3-4)cc21. The largest absolute Gasteiger partial charge is 0.310 e. The molecule has 0 aromatic heterocycles. The van der Waals surface area contributed by atoms with Gasteiger partial charge in [-0.1, -0.05) is 198 Å². The van der Waals surface area contributed by atoms with E-state index in [1.165, 1.54) is 110 Å². The fourth-order valence-corrected chi connectivity index (χ4v) is 11.8. The highest BCUT2D eigenvalue weighted by Gasteiger charge is 2.37. The highest BCUT2D eigenvalue weighted by molar-refractivity contribution is 6.24. The van der Waals surface area contributed by atoms with Gasteiger partial charge in [0.25, 0.3) is 0 Å². The molecule has 11 aromatic rings. The van der Waals surface area contributed by atoms with Crippen LogP contribution < -0.4 is 4.90 Å². The number of rotatable bonds is 6. The van der Waals surface area contributed by atoms with Gasteiger partial charge in [-0.25, -0.2) is 0 Å². The summed E-state index contributed by atoms with van der Waals surface area (Å²) in [6.07, 6.45) is 0. The molecule has 1 nitrogen and oxygen atoms in total. The summed E-state index contributed by atoms with van der Waals surface area (Å²) in [4.78, 5) is 2.47. The molecule has 0 bridgehead atoms. The smallest absolute Gasteiger partial charge is 0.0465 e. The van der Waals surface area contributed by atoms with E-state index in [4.69, 9.17) is 0 Å². The van der Waals surface area contributed by atoms with Crippen LogP contribution in [0.3, 0.4) is 0 Å². The van der Waals surface area contributed by atoms with Gasteiger partial charge in [0.1, 0.15) is 0 Å². The standard InChI is InChI=1S/C66H49N/c1-65(2)61-27-14-12-25-53(61)55-35-33-47(38-63(55)65)67(48-34-36-56-54-26-13-15-28-62(54)66(3,4)64(56)39-48)46-31-29-43(30-32-46)57-40-59-52-24-11-9-22-50(52)58(41-60(59)51-23-10-8-21-49(51)57)45-20-16-19-44(37-45)42-17-6-5-7-18-42/h5-41H,1-4H3. The first-order chi connectivity index (χ1) is 32.7. The summed E-state index contributed by atoms with van der Waals surface area (Å²) < 4.78 is 0. The average Bonchev–Trinajstić information content (AvgIpc) is 3.75. The highest BCUT2D eigenvalue weighted by Crippen LogP contribution is 2.53. The van der Waals surface area contributed by atoms with Crippen molar-refractivity contribution in [3.05, 3.63) is 247 Å². The molecule has 0 saturated carbocycles.